The second-order valence-electron chi connectivity index (χ2n) is 5.89. The van der Waals surface area contributed by atoms with Gasteiger partial charge in [-0.15, -0.1) is 0 Å². The van der Waals surface area contributed by atoms with E-state index in [9.17, 15) is 0 Å². The molecule has 1 aliphatic rings. The van der Waals surface area contributed by atoms with Gasteiger partial charge in [0.2, 0.25) is 0 Å². The molecule has 0 aliphatic carbocycles. The molecule has 1 N–H and O–H groups in total. The summed E-state index contributed by atoms with van der Waals surface area (Å²) >= 11 is 6.20. The molecule has 0 radical (unpaired) electrons. The Morgan fingerprint density at radius 2 is 1.96 bits per heavy atom. The highest BCUT2D eigenvalue weighted by molar-refractivity contribution is 6.31. The lowest BCUT2D eigenvalue weighted by atomic mass is 10.1. The van der Waals surface area contributed by atoms with E-state index in [1.807, 2.05) is 31.2 Å². The Balaban J connectivity index is 1.89. The second kappa shape index (κ2) is 6.37. The number of para-hydroxylation sites is 1. The number of aryl methyl sites for hydroxylation is 1. The molecule has 1 atom stereocenters. The zero-order valence-corrected chi connectivity index (χ0v) is 14.7. The van der Waals surface area contributed by atoms with Crippen molar-refractivity contribution < 1.29 is 9.47 Å². The summed E-state index contributed by atoms with van der Waals surface area (Å²) in [5.74, 6) is 1.50. The number of halogens is 1. The van der Waals surface area contributed by atoms with Crippen LogP contribution < -0.4 is 14.8 Å². The number of rotatable bonds is 0. The summed E-state index contributed by atoms with van der Waals surface area (Å²) in [6.45, 7) is 4.74. The average Bonchev–Trinajstić information content (AvgIpc) is 2.63. The molecule has 0 saturated carbocycles. The molecule has 0 spiro atoms. The monoisotopic (exact) mass is 356 g/mol. The van der Waals surface area contributed by atoms with Crippen LogP contribution in [0.3, 0.4) is 0 Å². The number of nitrogens with one attached hydrogen (secondary N) is 1. The molecule has 3 heterocycles. The van der Waals surface area contributed by atoms with E-state index < -0.39 is 0 Å². The number of ether oxygens (including phenoxy) is 2. The molecule has 0 saturated heterocycles. The number of anilines is 1. The summed E-state index contributed by atoms with van der Waals surface area (Å²) in [5, 5.41) is 4.73. The minimum atomic E-state index is -0.0217. The zero-order chi connectivity index (χ0) is 17.4. The van der Waals surface area contributed by atoms with Crippen molar-refractivity contribution in [3.63, 3.8) is 0 Å². The molecule has 128 valence electrons. The molecule has 1 aliphatic heterocycles. The van der Waals surface area contributed by atoms with Crippen molar-refractivity contribution in [3.05, 3.63) is 46.7 Å². The third kappa shape index (κ3) is 2.93. The number of hydrogen-bond donors (Lipinski definition) is 1. The SMILES string of the molecule is Cc1c(Cl)ncc2nc3nc(c12)N[C@H](C)c1ccccc1OCCO3. The predicted molar refractivity (Wildman–Crippen MR) is 96.5 cm³/mol. The highest BCUT2D eigenvalue weighted by atomic mass is 35.5. The Morgan fingerprint density at radius 1 is 1.16 bits per heavy atom. The van der Waals surface area contributed by atoms with Gasteiger partial charge in [0.1, 0.15) is 29.9 Å². The van der Waals surface area contributed by atoms with Crippen LogP contribution in [0.4, 0.5) is 5.82 Å². The molecular formula is C18H17ClN4O2. The Morgan fingerprint density at radius 3 is 2.84 bits per heavy atom. The van der Waals surface area contributed by atoms with Crippen molar-refractivity contribution in [2.24, 2.45) is 0 Å². The summed E-state index contributed by atoms with van der Waals surface area (Å²) in [5.41, 5.74) is 2.57. The lowest BCUT2D eigenvalue weighted by Gasteiger charge is -2.19. The van der Waals surface area contributed by atoms with Crippen molar-refractivity contribution in [1.82, 2.24) is 15.0 Å². The molecule has 2 aromatic heterocycles. The highest BCUT2D eigenvalue weighted by Gasteiger charge is 2.19. The summed E-state index contributed by atoms with van der Waals surface area (Å²) in [6, 6.07) is 8.21. The van der Waals surface area contributed by atoms with Gasteiger partial charge in [0.15, 0.2) is 0 Å². The van der Waals surface area contributed by atoms with Crippen molar-refractivity contribution >= 4 is 28.3 Å². The molecular weight excluding hydrogens is 340 g/mol. The molecule has 2 bridgehead atoms. The number of aromatic nitrogens is 3. The fourth-order valence-electron chi connectivity index (χ4n) is 2.94. The van der Waals surface area contributed by atoms with Crippen LogP contribution in [-0.4, -0.2) is 28.2 Å². The van der Waals surface area contributed by atoms with Crippen LogP contribution in [0.2, 0.25) is 5.15 Å². The average molecular weight is 357 g/mol. The van der Waals surface area contributed by atoms with Crippen molar-refractivity contribution in [2.45, 2.75) is 19.9 Å². The number of pyridine rings is 1. The standard InChI is InChI=1S/C18H17ClN4O2/c1-10-15-13(9-20-16(10)19)22-18-23-17(15)21-11(2)12-5-3-4-6-14(12)24-7-8-25-18/h3-6,9,11H,7-8H2,1-2H3,(H,21,22,23)/t11-/m1/s1. The van der Waals surface area contributed by atoms with E-state index in [1.165, 1.54) is 0 Å². The van der Waals surface area contributed by atoms with E-state index >= 15 is 0 Å². The van der Waals surface area contributed by atoms with Gasteiger partial charge in [-0.1, -0.05) is 29.8 Å². The van der Waals surface area contributed by atoms with Crippen LogP contribution in [0.25, 0.3) is 10.9 Å². The second-order valence-corrected chi connectivity index (χ2v) is 6.25. The lowest BCUT2D eigenvalue weighted by molar-refractivity contribution is 0.206. The van der Waals surface area contributed by atoms with Gasteiger partial charge in [-0.2, -0.15) is 9.97 Å². The highest BCUT2D eigenvalue weighted by Crippen LogP contribution is 2.33. The largest absolute Gasteiger partial charge is 0.490 e. The predicted octanol–water partition coefficient (Wildman–Crippen LogP) is 3.93. The minimum Gasteiger partial charge on any atom is -0.490 e. The van der Waals surface area contributed by atoms with Gasteiger partial charge < -0.3 is 14.8 Å². The van der Waals surface area contributed by atoms with E-state index in [2.05, 4.69) is 27.2 Å². The maximum Gasteiger partial charge on any atom is 0.319 e. The van der Waals surface area contributed by atoms with E-state index in [4.69, 9.17) is 21.1 Å². The van der Waals surface area contributed by atoms with Crippen LogP contribution in [0.1, 0.15) is 24.1 Å². The normalized spacial score (nSPS) is 16.8. The molecule has 7 heteroatoms. The molecule has 1 aromatic carbocycles. The molecule has 6 nitrogen and oxygen atoms in total. The van der Waals surface area contributed by atoms with Crippen LogP contribution >= 0.6 is 11.6 Å². The fraction of sp³-hybridized carbons (Fsp3) is 0.278. The summed E-state index contributed by atoms with van der Waals surface area (Å²) in [6.07, 6.45) is 1.64. The first kappa shape index (κ1) is 15.9. The Bertz CT molecular complexity index is 948. The van der Waals surface area contributed by atoms with Gasteiger partial charge in [-0.3, -0.25) is 0 Å². The van der Waals surface area contributed by atoms with Gasteiger partial charge >= 0.3 is 6.01 Å². The van der Waals surface area contributed by atoms with Crippen molar-refractivity contribution in [1.29, 1.82) is 0 Å². The first-order chi connectivity index (χ1) is 12.1. The molecule has 0 fully saturated rings. The molecule has 25 heavy (non-hydrogen) atoms. The van der Waals surface area contributed by atoms with Gasteiger partial charge in [0.05, 0.1) is 23.1 Å². The van der Waals surface area contributed by atoms with Crippen molar-refractivity contribution in [3.8, 4) is 11.8 Å². The van der Waals surface area contributed by atoms with Crippen LogP contribution in [0, 0.1) is 6.92 Å². The third-order valence-electron chi connectivity index (χ3n) is 4.21. The first-order valence-electron chi connectivity index (χ1n) is 8.07. The third-order valence-corrected chi connectivity index (χ3v) is 4.59. The van der Waals surface area contributed by atoms with Gasteiger partial charge in [0, 0.05) is 5.56 Å². The maximum atomic E-state index is 6.20. The van der Waals surface area contributed by atoms with Gasteiger partial charge in [0.25, 0.3) is 0 Å². The Kier molecular flexibility index (Phi) is 4.05. The molecule has 3 aromatic rings. The van der Waals surface area contributed by atoms with E-state index in [0.717, 1.165) is 22.3 Å². The van der Waals surface area contributed by atoms with E-state index in [1.54, 1.807) is 6.20 Å². The van der Waals surface area contributed by atoms with Crippen LogP contribution in [0.5, 0.6) is 11.8 Å². The smallest absolute Gasteiger partial charge is 0.319 e. The maximum absolute atomic E-state index is 6.20. The summed E-state index contributed by atoms with van der Waals surface area (Å²) in [4.78, 5) is 13.2. The summed E-state index contributed by atoms with van der Waals surface area (Å²) in [7, 11) is 0. The quantitative estimate of drug-likeness (QED) is 0.615. The summed E-state index contributed by atoms with van der Waals surface area (Å²) < 4.78 is 11.5. The van der Waals surface area contributed by atoms with Crippen LogP contribution in [-0.2, 0) is 0 Å². The molecule has 0 unspecified atom stereocenters. The zero-order valence-electron chi connectivity index (χ0n) is 13.9. The number of hydrogen-bond acceptors (Lipinski definition) is 6. The van der Waals surface area contributed by atoms with Gasteiger partial charge in [-0.25, -0.2) is 4.98 Å². The number of fused-ring (bicyclic) bond motifs is 5. The topological polar surface area (TPSA) is 69.2 Å². The lowest BCUT2D eigenvalue weighted by Crippen LogP contribution is -2.11. The van der Waals surface area contributed by atoms with E-state index in [0.29, 0.717) is 35.7 Å². The minimum absolute atomic E-state index is 0.0217. The van der Waals surface area contributed by atoms with Crippen LogP contribution in [0.15, 0.2) is 30.5 Å². The number of benzene rings is 1. The molecule has 4 rings (SSSR count). The Hall–Kier alpha value is -2.60. The molecule has 0 amide bonds. The number of nitrogens with zero attached hydrogens (tertiary/aromatic N) is 3. The van der Waals surface area contributed by atoms with E-state index in [-0.39, 0.29) is 6.04 Å². The Labute approximate surface area is 150 Å². The fourth-order valence-corrected chi connectivity index (χ4v) is 3.09. The first-order valence-corrected chi connectivity index (χ1v) is 8.45. The van der Waals surface area contributed by atoms with Crippen molar-refractivity contribution in [2.75, 3.05) is 18.5 Å². The van der Waals surface area contributed by atoms with Gasteiger partial charge in [-0.05, 0) is 25.5 Å².